The number of guanidine groups is 1. The summed E-state index contributed by atoms with van der Waals surface area (Å²) in [4.78, 5) is 9.40. The fraction of sp³-hybridized carbons (Fsp3) is 0.524. The second kappa shape index (κ2) is 12.2. The summed E-state index contributed by atoms with van der Waals surface area (Å²) in [6.07, 6.45) is 0. The van der Waals surface area contributed by atoms with Crippen molar-refractivity contribution >= 4 is 41.3 Å². The van der Waals surface area contributed by atoms with Gasteiger partial charge in [0.15, 0.2) is 17.5 Å². The van der Waals surface area contributed by atoms with E-state index in [1.807, 2.05) is 19.1 Å². The van der Waals surface area contributed by atoms with Gasteiger partial charge in [-0.2, -0.15) is 0 Å². The molecule has 0 aliphatic carbocycles. The van der Waals surface area contributed by atoms with Crippen LogP contribution in [0.1, 0.15) is 44.0 Å². The first-order valence-electron chi connectivity index (χ1n) is 9.58. The van der Waals surface area contributed by atoms with Gasteiger partial charge in [-0.25, -0.2) is 9.98 Å². The molecule has 0 bridgehead atoms. The van der Waals surface area contributed by atoms with Crippen LogP contribution in [0, 0.1) is 0 Å². The molecule has 0 amide bonds. The summed E-state index contributed by atoms with van der Waals surface area (Å²) in [6, 6.07) is 3.81. The van der Waals surface area contributed by atoms with Gasteiger partial charge in [0, 0.05) is 17.3 Å². The zero-order chi connectivity index (χ0) is 21.4. The molecule has 0 aliphatic heterocycles. The van der Waals surface area contributed by atoms with Crippen molar-refractivity contribution in [2.24, 2.45) is 4.99 Å². The Morgan fingerprint density at radius 2 is 1.70 bits per heavy atom. The number of hydrogen-bond donors (Lipinski definition) is 2. The molecular weight excluding hydrogens is 515 g/mol. The average molecular weight is 548 g/mol. The molecule has 1 aromatic carbocycles. The average Bonchev–Trinajstić information content (AvgIpc) is 3.18. The molecule has 2 aromatic rings. The number of aromatic nitrogens is 1. The number of rotatable bonds is 8. The van der Waals surface area contributed by atoms with E-state index in [0.29, 0.717) is 30.3 Å². The Labute approximate surface area is 200 Å². The highest BCUT2D eigenvalue weighted by Crippen LogP contribution is 2.38. The number of methoxy groups -OCH3 is 3. The second-order valence-corrected chi connectivity index (χ2v) is 8.33. The Balaban J connectivity index is 0.00000450. The van der Waals surface area contributed by atoms with Crippen LogP contribution in [0.15, 0.2) is 22.5 Å². The van der Waals surface area contributed by atoms with Crippen LogP contribution in [0.2, 0.25) is 0 Å². The Bertz CT molecular complexity index is 809. The van der Waals surface area contributed by atoms with Gasteiger partial charge in [-0.3, -0.25) is 0 Å². The van der Waals surface area contributed by atoms with Crippen LogP contribution in [0.25, 0.3) is 0 Å². The number of aliphatic imine (C=N–C) groups is 1. The van der Waals surface area contributed by atoms with E-state index < -0.39 is 0 Å². The molecule has 0 spiro atoms. The van der Waals surface area contributed by atoms with Crippen LogP contribution in [0.5, 0.6) is 17.2 Å². The topological polar surface area (TPSA) is 77.0 Å². The van der Waals surface area contributed by atoms with Crippen molar-refractivity contribution in [2.75, 3.05) is 27.9 Å². The molecule has 0 fully saturated rings. The van der Waals surface area contributed by atoms with E-state index >= 15 is 0 Å². The fourth-order valence-electron chi connectivity index (χ4n) is 2.65. The Kier molecular flexibility index (Phi) is 10.7. The maximum atomic E-state index is 5.42. The van der Waals surface area contributed by atoms with Crippen LogP contribution >= 0.6 is 35.3 Å². The van der Waals surface area contributed by atoms with Crippen molar-refractivity contribution in [1.29, 1.82) is 0 Å². The molecule has 0 atom stereocenters. The van der Waals surface area contributed by atoms with Gasteiger partial charge in [-0.1, -0.05) is 20.8 Å². The summed E-state index contributed by atoms with van der Waals surface area (Å²) in [5.41, 5.74) is 2.03. The highest BCUT2D eigenvalue weighted by Gasteiger charge is 2.18. The van der Waals surface area contributed by atoms with E-state index in [-0.39, 0.29) is 29.4 Å². The van der Waals surface area contributed by atoms with Crippen molar-refractivity contribution in [2.45, 2.75) is 46.2 Å². The smallest absolute Gasteiger partial charge is 0.203 e. The monoisotopic (exact) mass is 548 g/mol. The maximum absolute atomic E-state index is 5.42. The van der Waals surface area contributed by atoms with E-state index in [0.717, 1.165) is 28.8 Å². The van der Waals surface area contributed by atoms with Crippen molar-refractivity contribution in [3.05, 3.63) is 33.8 Å². The van der Waals surface area contributed by atoms with Crippen molar-refractivity contribution < 1.29 is 14.2 Å². The summed E-state index contributed by atoms with van der Waals surface area (Å²) in [5, 5.41) is 9.84. The number of halogens is 1. The van der Waals surface area contributed by atoms with Gasteiger partial charge in [0.05, 0.1) is 45.1 Å². The summed E-state index contributed by atoms with van der Waals surface area (Å²) < 4.78 is 16.2. The maximum Gasteiger partial charge on any atom is 0.203 e. The first kappa shape index (κ1) is 26.3. The van der Waals surface area contributed by atoms with Crippen LogP contribution in [0.3, 0.4) is 0 Å². The van der Waals surface area contributed by atoms with Gasteiger partial charge in [0.25, 0.3) is 0 Å². The van der Waals surface area contributed by atoms with Crippen LogP contribution in [0.4, 0.5) is 0 Å². The lowest BCUT2D eigenvalue weighted by Crippen LogP contribution is -2.36. The molecule has 0 unspecified atom stereocenters. The van der Waals surface area contributed by atoms with E-state index in [1.54, 1.807) is 32.7 Å². The summed E-state index contributed by atoms with van der Waals surface area (Å²) in [6.45, 7) is 10.4. The molecule has 0 saturated carbocycles. The third-order valence-corrected chi connectivity index (χ3v) is 5.44. The predicted octanol–water partition coefficient (Wildman–Crippen LogP) is 4.34. The molecule has 30 heavy (non-hydrogen) atoms. The molecule has 1 aromatic heterocycles. The lowest BCUT2D eigenvalue weighted by atomic mass is 9.98. The summed E-state index contributed by atoms with van der Waals surface area (Å²) >= 11 is 1.69. The van der Waals surface area contributed by atoms with Gasteiger partial charge in [-0.15, -0.1) is 35.3 Å². The predicted molar refractivity (Wildman–Crippen MR) is 134 cm³/mol. The minimum Gasteiger partial charge on any atom is -0.493 e. The van der Waals surface area contributed by atoms with Gasteiger partial charge in [0.2, 0.25) is 5.75 Å². The van der Waals surface area contributed by atoms with Gasteiger partial charge < -0.3 is 24.8 Å². The molecule has 1 heterocycles. The standard InChI is InChI=1S/C21H32N4O3S.HI/c1-8-22-20(24-12-15-13-29-19(25-15)21(2,3)4)23-11-14-9-16(26-5)18(28-7)17(10-14)27-6;/h9-10,13H,8,11-12H2,1-7H3,(H2,22,23,24);1H. The summed E-state index contributed by atoms with van der Waals surface area (Å²) in [7, 11) is 4.81. The highest BCUT2D eigenvalue weighted by atomic mass is 127. The lowest BCUT2D eigenvalue weighted by Gasteiger charge is -2.14. The minimum absolute atomic E-state index is 0. The number of benzene rings is 1. The number of nitrogens with zero attached hydrogens (tertiary/aromatic N) is 2. The summed E-state index contributed by atoms with van der Waals surface area (Å²) in [5.74, 6) is 2.54. The second-order valence-electron chi connectivity index (χ2n) is 7.48. The number of thiazole rings is 1. The molecule has 168 valence electrons. The zero-order valence-corrected chi connectivity index (χ0v) is 21.9. The van der Waals surface area contributed by atoms with Crippen molar-refractivity contribution in [3.8, 4) is 17.2 Å². The largest absolute Gasteiger partial charge is 0.493 e. The lowest BCUT2D eigenvalue weighted by molar-refractivity contribution is 0.324. The third-order valence-electron chi connectivity index (χ3n) is 4.12. The first-order valence-corrected chi connectivity index (χ1v) is 10.5. The Hall–Kier alpha value is -1.75. The number of nitrogens with one attached hydrogen (secondary N) is 2. The zero-order valence-electron chi connectivity index (χ0n) is 18.8. The van der Waals surface area contributed by atoms with E-state index in [1.165, 1.54) is 0 Å². The van der Waals surface area contributed by atoms with Crippen molar-refractivity contribution in [1.82, 2.24) is 15.6 Å². The highest BCUT2D eigenvalue weighted by molar-refractivity contribution is 14.0. The Morgan fingerprint density at radius 3 is 2.17 bits per heavy atom. The number of ether oxygens (including phenoxy) is 3. The number of hydrogen-bond acceptors (Lipinski definition) is 6. The SMILES string of the molecule is CCNC(=NCc1cc(OC)c(OC)c(OC)c1)NCc1csc(C(C)(C)C)n1.I. The molecule has 9 heteroatoms. The molecule has 0 radical (unpaired) electrons. The molecule has 2 N–H and O–H groups in total. The van der Waals surface area contributed by atoms with Crippen LogP contribution in [-0.2, 0) is 18.5 Å². The van der Waals surface area contributed by atoms with E-state index in [2.05, 4.69) is 41.8 Å². The molecule has 0 saturated heterocycles. The quantitative estimate of drug-likeness (QED) is 0.291. The third kappa shape index (κ3) is 7.19. The molecule has 0 aliphatic rings. The Morgan fingerprint density at radius 1 is 1.07 bits per heavy atom. The van der Waals surface area contributed by atoms with Gasteiger partial charge in [-0.05, 0) is 24.6 Å². The van der Waals surface area contributed by atoms with Gasteiger partial charge in [0.1, 0.15) is 0 Å². The molecule has 2 rings (SSSR count). The van der Waals surface area contributed by atoms with E-state index in [9.17, 15) is 0 Å². The van der Waals surface area contributed by atoms with Crippen molar-refractivity contribution in [3.63, 3.8) is 0 Å². The minimum atomic E-state index is 0. The molecular formula is C21H33IN4O3S. The van der Waals surface area contributed by atoms with Crippen LogP contribution < -0.4 is 24.8 Å². The van der Waals surface area contributed by atoms with Gasteiger partial charge >= 0.3 is 0 Å². The van der Waals surface area contributed by atoms with E-state index in [4.69, 9.17) is 19.2 Å². The molecule has 7 nitrogen and oxygen atoms in total. The van der Waals surface area contributed by atoms with Crippen LogP contribution in [-0.4, -0.2) is 38.8 Å². The first-order chi connectivity index (χ1) is 13.8. The normalized spacial score (nSPS) is 11.5. The fourth-order valence-corrected chi connectivity index (χ4v) is 3.55.